The molecular formula is C33H47GdN7O9. The van der Waals surface area contributed by atoms with Crippen molar-refractivity contribution in [1.82, 2.24) is 30.4 Å². The van der Waals surface area contributed by atoms with E-state index in [1.165, 1.54) is 0 Å². The minimum Gasteiger partial charge on any atom is -0.480 e. The van der Waals surface area contributed by atoms with Crippen molar-refractivity contribution in [2.75, 3.05) is 78.5 Å². The molecule has 0 bridgehead atoms. The number of amides is 2. The van der Waals surface area contributed by atoms with E-state index < -0.39 is 29.9 Å². The molecule has 0 spiro atoms. The Kier molecular flexibility index (Phi) is 20.1. The van der Waals surface area contributed by atoms with Crippen molar-refractivity contribution in [3.8, 4) is 0 Å². The molecule has 16 nitrogen and oxygen atoms in total. The molecule has 17 heteroatoms. The summed E-state index contributed by atoms with van der Waals surface area (Å²) in [5, 5.41) is 31.0. The molecule has 2 aromatic rings. The standard InChI is InChI=1S/C33H47N7O9.Gd/c34-28(33(48)36-49-24-27-4-2-1-3-5-27)18-25-6-8-26(9-7-25)19-35-29(41)20-37-10-12-38(21-30(42)43)14-16-40(23-32(46)47)17-15-39(13-11-37)22-31(44)45;/h1-9,28H,10-24,34H2,(H,35,41)(H,36,48)(H,42,43)(H,44,45)(H,46,47);/t28-;/m1./s1. The van der Waals surface area contributed by atoms with Gasteiger partial charge in [0, 0.05) is 98.8 Å². The van der Waals surface area contributed by atoms with E-state index in [0.717, 1.165) is 16.7 Å². The Hall–Kier alpha value is -3.13. The van der Waals surface area contributed by atoms with Crippen LogP contribution >= 0.6 is 0 Å². The number of carboxylic acids is 3. The molecule has 0 saturated carbocycles. The normalized spacial score (nSPS) is 16.2. The summed E-state index contributed by atoms with van der Waals surface area (Å²) in [6.07, 6.45) is 0.289. The van der Waals surface area contributed by atoms with Crippen LogP contribution in [0.1, 0.15) is 16.7 Å². The summed E-state index contributed by atoms with van der Waals surface area (Å²) in [6.45, 7) is 2.29. The third-order valence-electron chi connectivity index (χ3n) is 7.93. The number of hydroxylamine groups is 1. The summed E-state index contributed by atoms with van der Waals surface area (Å²) < 4.78 is 0. The van der Waals surface area contributed by atoms with Crippen LogP contribution in [-0.4, -0.2) is 149 Å². The number of carboxylic acid groups (broad SMARTS) is 3. The van der Waals surface area contributed by atoms with Crippen LogP contribution in [0.15, 0.2) is 54.6 Å². The first-order valence-corrected chi connectivity index (χ1v) is 16.1. The molecule has 1 saturated heterocycles. The van der Waals surface area contributed by atoms with Gasteiger partial charge in [0.15, 0.2) is 0 Å². The minimum absolute atomic E-state index is 0. The molecule has 7 N–H and O–H groups in total. The molecule has 1 heterocycles. The van der Waals surface area contributed by atoms with Gasteiger partial charge in [-0.2, -0.15) is 0 Å². The summed E-state index contributed by atoms with van der Waals surface area (Å²) >= 11 is 0. The molecule has 276 valence electrons. The first-order chi connectivity index (χ1) is 23.5. The van der Waals surface area contributed by atoms with E-state index in [2.05, 4.69) is 10.8 Å². The Balaban J connectivity index is 0.00000867. The van der Waals surface area contributed by atoms with Gasteiger partial charge in [0.05, 0.1) is 38.8 Å². The van der Waals surface area contributed by atoms with Gasteiger partial charge >= 0.3 is 17.9 Å². The van der Waals surface area contributed by atoms with Gasteiger partial charge in [0.1, 0.15) is 0 Å². The van der Waals surface area contributed by atoms with Crippen molar-refractivity contribution >= 4 is 29.7 Å². The quantitative estimate of drug-likeness (QED) is 0.111. The molecule has 1 aliphatic heterocycles. The number of benzene rings is 2. The molecular weight excluding hydrogens is 796 g/mol. The monoisotopic (exact) mass is 843 g/mol. The summed E-state index contributed by atoms with van der Waals surface area (Å²) in [4.78, 5) is 71.9. The van der Waals surface area contributed by atoms with Crippen LogP contribution < -0.4 is 16.5 Å². The van der Waals surface area contributed by atoms with Gasteiger partial charge in [-0.1, -0.05) is 54.6 Å². The molecule has 1 fully saturated rings. The maximum atomic E-state index is 13.0. The Labute approximate surface area is 323 Å². The van der Waals surface area contributed by atoms with Crippen molar-refractivity contribution in [3.05, 3.63) is 71.3 Å². The van der Waals surface area contributed by atoms with Crippen LogP contribution in [0.4, 0.5) is 0 Å². The van der Waals surface area contributed by atoms with Gasteiger partial charge in [0.25, 0.3) is 5.91 Å². The van der Waals surface area contributed by atoms with E-state index in [9.17, 15) is 39.3 Å². The second-order valence-corrected chi connectivity index (χ2v) is 11.9. The van der Waals surface area contributed by atoms with Gasteiger partial charge in [-0.25, -0.2) is 5.48 Å². The van der Waals surface area contributed by atoms with Crippen LogP contribution in [0, 0.1) is 39.9 Å². The average Bonchev–Trinajstić information content (AvgIpc) is 3.05. The molecule has 2 amide bonds. The third kappa shape index (κ3) is 17.7. The Morgan fingerprint density at radius 2 is 1.06 bits per heavy atom. The van der Waals surface area contributed by atoms with E-state index in [-0.39, 0.29) is 91.6 Å². The predicted molar refractivity (Wildman–Crippen MR) is 178 cm³/mol. The topological polar surface area (TPSA) is 218 Å². The maximum Gasteiger partial charge on any atom is 0.317 e. The van der Waals surface area contributed by atoms with Crippen molar-refractivity contribution in [1.29, 1.82) is 0 Å². The molecule has 0 radical (unpaired) electrons. The van der Waals surface area contributed by atoms with Crippen LogP contribution in [0.25, 0.3) is 0 Å². The van der Waals surface area contributed by atoms with E-state index >= 15 is 0 Å². The number of nitrogens with zero attached hydrogens (tertiary/aromatic N) is 4. The number of carbonyl (C=O) groups is 5. The molecule has 50 heavy (non-hydrogen) atoms. The first-order valence-electron chi connectivity index (χ1n) is 16.1. The summed E-state index contributed by atoms with van der Waals surface area (Å²) in [7, 11) is 0. The summed E-state index contributed by atoms with van der Waals surface area (Å²) in [6, 6.07) is 15.9. The van der Waals surface area contributed by atoms with E-state index in [1.54, 1.807) is 14.7 Å². The minimum atomic E-state index is -1.02. The Bertz CT molecular complexity index is 1340. The molecule has 3 rings (SSSR count). The van der Waals surface area contributed by atoms with Crippen molar-refractivity contribution in [2.45, 2.75) is 25.6 Å². The van der Waals surface area contributed by atoms with Gasteiger partial charge in [0.2, 0.25) is 5.91 Å². The molecule has 2 aromatic carbocycles. The fourth-order valence-corrected chi connectivity index (χ4v) is 5.22. The van der Waals surface area contributed by atoms with Crippen molar-refractivity contribution < 1.29 is 84.1 Å². The smallest absolute Gasteiger partial charge is 0.317 e. The SMILES string of the molecule is N[C@H](Cc1ccc(CNC(=O)CN2CCN(CC(=O)O)CCN(CC(=O)O)CCN(CC(=O)O)CC2)cc1)C(=O)NOCc1ccccc1.[Gd]. The van der Waals surface area contributed by atoms with Crippen molar-refractivity contribution in [2.24, 2.45) is 5.73 Å². The zero-order chi connectivity index (χ0) is 35.6. The second-order valence-electron chi connectivity index (χ2n) is 11.9. The fourth-order valence-electron chi connectivity index (χ4n) is 5.22. The van der Waals surface area contributed by atoms with E-state index in [4.69, 9.17) is 10.6 Å². The zero-order valence-electron chi connectivity index (χ0n) is 27.9. The van der Waals surface area contributed by atoms with Crippen LogP contribution in [0.5, 0.6) is 0 Å². The van der Waals surface area contributed by atoms with Gasteiger partial charge in [-0.05, 0) is 23.1 Å². The number of nitrogens with one attached hydrogen (secondary N) is 2. The number of rotatable bonds is 16. The van der Waals surface area contributed by atoms with Crippen molar-refractivity contribution in [3.63, 3.8) is 0 Å². The second kappa shape index (κ2) is 23.4. The Morgan fingerprint density at radius 3 is 1.50 bits per heavy atom. The fraction of sp³-hybridized carbons (Fsp3) is 0.485. The number of nitrogens with two attached hydrogens (primary N) is 1. The molecule has 0 aliphatic carbocycles. The number of aliphatic carboxylic acids is 3. The first kappa shape index (κ1) is 43.0. The summed E-state index contributed by atoms with van der Waals surface area (Å²) in [5.41, 5.74) is 11.0. The predicted octanol–water partition coefficient (Wildman–Crippen LogP) is -1.10. The molecule has 1 aliphatic rings. The molecule has 0 aromatic heterocycles. The van der Waals surface area contributed by atoms with Gasteiger partial charge in [-0.15, -0.1) is 0 Å². The molecule has 1 atom stereocenters. The van der Waals surface area contributed by atoms with E-state index in [0.29, 0.717) is 52.4 Å². The average molecular weight is 843 g/mol. The molecule has 0 unspecified atom stereocenters. The van der Waals surface area contributed by atoms with Crippen LogP contribution in [-0.2, 0) is 48.4 Å². The largest absolute Gasteiger partial charge is 0.480 e. The van der Waals surface area contributed by atoms with Crippen LogP contribution in [0.3, 0.4) is 0 Å². The van der Waals surface area contributed by atoms with Gasteiger partial charge < -0.3 is 26.4 Å². The number of hydrogen-bond donors (Lipinski definition) is 6. The Morgan fingerprint density at radius 1 is 0.640 bits per heavy atom. The number of hydrogen-bond acceptors (Lipinski definition) is 11. The number of carbonyl (C=O) groups excluding carboxylic acids is 2. The maximum absolute atomic E-state index is 13.0. The van der Waals surface area contributed by atoms with E-state index in [1.807, 2.05) is 59.5 Å². The van der Waals surface area contributed by atoms with Crippen LogP contribution in [0.2, 0.25) is 0 Å². The van der Waals surface area contributed by atoms with Gasteiger partial charge in [-0.3, -0.25) is 48.4 Å². The summed E-state index contributed by atoms with van der Waals surface area (Å²) in [5.74, 6) is -3.75. The zero-order valence-corrected chi connectivity index (χ0v) is 30.2. The third-order valence-corrected chi connectivity index (χ3v) is 7.93.